The molecule has 1 aliphatic heterocycles. The Bertz CT molecular complexity index is 1710. The zero-order chi connectivity index (χ0) is 29.7. The van der Waals surface area contributed by atoms with Crippen LogP contribution >= 0.6 is 11.6 Å². The van der Waals surface area contributed by atoms with E-state index in [4.69, 9.17) is 11.6 Å². The van der Waals surface area contributed by atoms with Gasteiger partial charge in [-0.05, 0) is 55.9 Å². The van der Waals surface area contributed by atoms with Gasteiger partial charge in [-0.1, -0.05) is 17.7 Å². The standard InChI is InChI=1S/C29H25ClF3N7O2/c1-14-7-17(8-35-27(14)39-12-16-3-4-19(16)29(39)42)15(2)40-13-18(9-36-40)37-28(41)23-11-34-10-22(38-23)24-20(26(32)33)5-6-21(30)25(24)31/h5-11,13,15-16,19,26H,3-4,12H2,1-2H3,(H,37,41)/t15?,16-,19-/m1/s1. The molecule has 9 nitrogen and oxygen atoms in total. The van der Waals surface area contributed by atoms with E-state index in [2.05, 4.69) is 25.4 Å². The maximum Gasteiger partial charge on any atom is 0.275 e. The molecule has 3 atom stereocenters. The first kappa shape index (κ1) is 27.8. The van der Waals surface area contributed by atoms with E-state index in [0.717, 1.165) is 48.5 Å². The minimum Gasteiger partial charge on any atom is -0.318 e. The highest BCUT2D eigenvalue weighted by Crippen LogP contribution is 2.43. The molecule has 2 amide bonds. The Labute approximate surface area is 243 Å². The van der Waals surface area contributed by atoms with Crippen LogP contribution in [0, 0.1) is 24.6 Å². The second kappa shape index (κ2) is 10.8. The molecular weight excluding hydrogens is 571 g/mol. The van der Waals surface area contributed by atoms with Crippen molar-refractivity contribution >= 4 is 34.9 Å². The SMILES string of the molecule is Cc1cc(C(C)n2cc(NC(=O)c3cncc(-c4c(C(F)F)ccc(Cl)c4F)n3)cn2)cnc1N1C[C@H]2CC[C@H]2C1=O. The van der Waals surface area contributed by atoms with Crippen molar-refractivity contribution in [2.45, 2.75) is 39.2 Å². The lowest BCUT2D eigenvalue weighted by molar-refractivity contribution is -0.123. The highest BCUT2D eigenvalue weighted by atomic mass is 35.5. The van der Waals surface area contributed by atoms with Crippen molar-refractivity contribution in [3.63, 3.8) is 0 Å². The van der Waals surface area contributed by atoms with Crippen molar-refractivity contribution in [1.82, 2.24) is 24.7 Å². The summed E-state index contributed by atoms with van der Waals surface area (Å²) in [6.07, 6.45) is 6.06. The van der Waals surface area contributed by atoms with Crippen molar-refractivity contribution in [3.8, 4) is 11.3 Å². The van der Waals surface area contributed by atoms with Crippen molar-refractivity contribution < 1.29 is 22.8 Å². The smallest absolute Gasteiger partial charge is 0.275 e. The molecule has 6 rings (SSSR count). The Hall–Kier alpha value is -4.32. The third-order valence-electron chi connectivity index (χ3n) is 7.97. The fourth-order valence-electron chi connectivity index (χ4n) is 5.49. The van der Waals surface area contributed by atoms with Gasteiger partial charge in [0.25, 0.3) is 12.3 Å². The Morgan fingerprint density at radius 2 is 1.98 bits per heavy atom. The van der Waals surface area contributed by atoms with E-state index in [0.29, 0.717) is 24.0 Å². The van der Waals surface area contributed by atoms with E-state index < -0.39 is 29.3 Å². The molecule has 1 unspecified atom stereocenters. The van der Waals surface area contributed by atoms with Gasteiger partial charge in [-0.2, -0.15) is 5.10 Å². The monoisotopic (exact) mass is 595 g/mol. The minimum absolute atomic E-state index is 0.129. The molecule has 2 aliphatic rings. The molecule has 13 heteroatoms. The van der Waals surface area contributed by atoms with E-state index in [9.17, 15) is 22.8 Å². The molecule has 1 aromatic carbocycles. The van der Waals surface area contributed by atoms with E-state index in [-0.39, 0.29) is 34.3 Å². The van der Waals surface area contributed by atoms with Crippen LogP contribution in [-0.4, -0.2) is 43.1 Å². The number of benzene rings is 1. The first-order valence-electron chi connectivity index (χ1n) is 13.3. The first-order valence-corrected chi connectivity index (χ1v) is 13.7. The molecule has 0 radical (unpaired) electrons. The van der Waals surface area contributed by atoms with Crippen LogP contribution in [-0.2, 0) is 4.79 Å². The second-order valence-electron chi connectivity index (χ2n) is 10.6. The van der Waals surface area contributed by atoms with E-state index in [1.54, 1.807) is 22.0 Å². The van der Waals surface area contributed by atoms with Crippen LogP contribution in [0.3, 0.4) is 0 Å². The molecular formula is C29H25ClF3N7O2. The van der Waals surface area contributed by atoms with Gasteiger partial charge in [0.05, 0.1) is 41.0 Å². The molecule has 3 aromatic heterocycles. The fourth-order valence-corrected chi connectivity index (χ4v) is 5.65. The van der Waals surface area contributed by atoms with Crippen LogP contribution in [0.25, 0.3) is 11.3 Å². The highest BCUT2D eigenvalue weighted by Gasteiger charge is 2.47. The summed E-state index contributed by atoms with van der Waals surface area (Å²) in [5, 5.41) is 6.65. The van der Waals surface area contributed by atoms with Crippen LogP contribution in [0.1, 0.15) is 59.4 Å². The molecule has 1 saturated heterocycles. The number of hydrogen-bond acceptors (Lipinski definition) is 6. The van der Waals surface area contributed by atoms with Crippen LogP contribution in [0.15, 0.2) is 49.2 Å². The first-order chi connectivity index (χ1) is 20.1. The number of alkyl halides is 2. The van der Waals surface area contributed by atoms with Crippen molar-refractivity contribution in [3.05, 3.63) is 82.4 Å². The number of rotatable bonds is 7. The van der Waals surface area contributed by atoms with Gasteiger partial charge < -0.3 is 5.32 Å². The number of nitrogens with one attached hydrogen (secondary N) is 1. The maximum absolute atomic E-state index is 14.7. The molecule has 216 valence electrons. The summed E-state index contributed by atoms with van der Waals surface area (Å²) in [4.78, 5) is 40.0. The summed E-state index contributed by atoms with van der Waals surface area (Å²) < 4.78 is 43.5. The molecule has 42 heavy (non-hydrogen) atoms. The number of aromatic nitrogens is 5. The zero-order valence-corrected chi connectivity index (χ0v) is 23.3. The van der Waals surface area contributed by atoms with Crippen LogP contribution in [0.2, 0.25) is 5.02 Å². The zero-order valence-electron chi connectivity index (χ0n) is 22.6. The van der Waals surface area contributed by atoms with Crippen LogP contribution in [0.4, 0.5) is 24.7 Å². The van der Waals surface area contributed by atoms with Gasteiger partial charge in [0.15, 0.2) is 5.82 Å². The largest absolute Gasteiger partial charge is 0.318 e. The summed E-state index contributed by atoms with van der Waals surface area (Å²) in [6.45, 7) is 4.56. The maximum atomic E-state index is 14.7. The number of hydrogen-bond donors (Lipinski definition) is 1. The van der Waals surface area contributed by atoms with Crippen molar-refractivity contribution in [2.75, 3.05) is 16.8 Å². The quantitative estimate of drug-likeness (QED) is 0.281. The van der Waals surface area contributed by atoms with Gasteiger partial charge >= 0.3 is 0 Å². The Morgan fingerprint density at radius 1 is 1.17 bits per heavy atom. The molecule has 1 aliphatic carbocycles. The number of carbonyl (C=O) groups excluding carboxylic acids is 2. The number of aryl methyl sites for hydroxylation is 1. The van der Waals surface area contributed by atoms with Gasteiger partial charge in [0, 0.05) is 36.0 Å². The van der Waals surface area contributed by atoms with Gasteiger partial charge in [0.1, 0.15) is 11.5 Å². The highest BCUT2D eigenvalue weighted by molar-refractivity contribution is 6.31. The summed E-state index contributed by atoms with van der Waals surface area (Å²) in [5.74, 6) is -0.379. The molecule has 1 N–H and O–H groups in total. The molecule has 2 fully saturated rings. The summed E-state index contributed by atoms with van der Waals surface area (Å²) in [7, 11) is 0. The van der Waals surface area contributed by atoms with Gasteiger partial charge in [-0.15, -0.1) is 0 Å². The Balaban J connectivity index is 1.18. The third kappa shape index (κ3) is 4.89. The number of amides is 2. The van der Waals surface area contributed by atoms with E-state index >= 15 is 0 Å². The number of nitrogens with zero attached hydrogens (tertiary/aromatic N) is 6. The second-order valence-corrected chi connectivity index (χ2v) is 11.0. The van der Waals surface area contributed by atoms with Gasteiger partial charge in [0.2, 0.25) is 5.91 Å². The Kier molecular flexibility index (Phi) is 7.17. The number of pyridine rings is 1. The lowest BCUT2D eigenvalue weighted by atomic mass is 9.76. The van der Waals surface area contributed by atoms with Gasteiger partial charge in [-0.25, -0.2) is 23.1 Å². The lowest BCUT2D eigenvalue weighted by Gasteiger charge is -2.25. The number of anilines is 2. The summed E-state index contributed by atoms with van der Waals surface area (Å²) in [5.41, 5.74) is 0.502. The fraction of sp³-hybridized carbons (Fsp3) is 0.310. The Morgan fingerprint density at radius 3 is 2.64 bits per heavy atom. The van der Waals surface area contributed by atoms with Crippen LogP contribution in [0.5, 0.6) is 0 Å². The number of fused-ring (bicyclic) bond motifs is 1. The normalized spacial score (nSPS) is 18.6. The third-order valence-corrected chi connectivity index (χ3v) is 8.26. The summed E-state index contributed by atoms with van der Waals surface area (Å²) >= 11 is 5.81. The predicted octanol–water partition coefficient (Wildman–Crippen LogP) is 6.01. The topological polar surface area (TPSA) is 106 Å². The average molecular weight is 596 g/mol. The van der Waals surface area contributed by atoms with E-state index in [1.807, 2.05) is 19.9 Å². The van der Waals surface area contributed by atoms with Crippen molar-refractivity contribution in [1.29, 1.82) is 0 Å². The average Bonchev–Trinajstić information content (AvgIpc) is 3.50. The minimum atomic E-state index is -2.99. The van der Waals surface area contributed by atoms with Gasteiger partial charge in [-0.3, -0.25) is 24.2 Å². The predicted molar refractivity (Wildman–Crippen MR) is 149 cm³/mol. The molecule has 0 spiro atoms. The molecule has 0 bridgehead atoms. The van der Waals surface area contributed by atoms with E-state index in [1.165, 1.54) is 6.20 Å². The molecule has 4 heterocycles. The molecule has 1 saturated carbocycles. The number of carbonyl (C=O) groups is 2. The van der Waals surface area contributed by atoms with Crippen LogP contribution < -0.4 is 10.2 Å². The number of halogens is 4. The summed E-state index contributed by atoms with van der Waals surface area (Å²) in [6, 6.07) is 3.77. The lowest BCUT2D eigenvalue weighted by Crippen LogP contribution is -2.29. The molecule has 4 aromatic rings. The van der Waals surface area contributed by atoms with Crippen molar-refractivity contribution in [2.24, 2.45) is 11.8 Å².